The van der Waals surface area contributed by atoms with Crippen molar-refractivity contribution < 1.29 is 59.5 Å². The molecule has 1 N–H and O–H groups in total. The summed E-state index contributed by atoms with van der Waals surface area (Å²) >= 11 is -3.69. The zero-order valence-corrected chi connectivity index (χ0v) is 6.52. The van der Waals surface area contributed by atoms with Crippen molar-refractivity contribution in [1.29, 1.82) is 0 Å². The third-order valence-electron chi connectivity index (χ3n) is 0. The molecule has 0 aliphatic carbocycles. The second-order valence-corrected chi connectivity index (χ2v) is 0.981. The van der Waals surface area contributed by atoms with Crippen LogP contribution in [0, 0.1) is 0 Å². The minimum Gasteiger partial charge on any atom is 0 e. The molecule has 0 aliphatic rings. The summed E-state index contributed by atoms with van der Waals surface area (Å²) in [6.45, 7) is 0. The van der Waals surface area contributed by atoms with E-state index in [0.717, 1.165) is 0 Å². The van der Waals surface area contributed by atoms with Crippen molar-refractivity contribution in [2.45, 2.75) is 0 Å². The summed E-state index contributed by atoms with van der Waals surface area (Å²) in [6.07, 6.45) is 0. The van der Waals surface area contributed by atoms with Crippen molar-refractivity contribution in [3.05, 3.63) is 0 Å². The molecule has 0 aliphatic heterocycles. The summed E-state index contributed by atoms with van der Waals surface area (Å²) in [5, 5.41) is 0. The Morgan fingerprint density at radius 2 is 1.33 bits per heavy atom. The smallest absolute Gasteiger partial charge is 0 e. The number of hydrogen-bond donors (Lipinski definition) is 1. The molecule has 3 nitrogen and oxygen atoms in total. The number of rotatable bonds is 0. The molecule has 0 bridgehead atoms. The first-order valence-corrected chi connectivity index (χ1v) is 2.33. The molecule has 0 atom stereocenters. The topological polar surface area (TPSA) is 54.4 Å². The number of hydrogen-bond acceptors (Lipinski definition) is 2. The normalized spacial score (nSPS) is 4.17. The second kappa shape index (κ2) is 10.3. The first kappa shape index (κ1) is 15.7. The van der Waals surface area contributed by atoms with Gasteiger partial charge in [-0.25, -0.2) is 0 Å². The van der Waals surface area contributed by atoms with Gasteiger partial charge in [0.1, 0.15) is 0 Å². The monoisotopic (exact) mass is 213 g/mol. The molecular weight excluding hydrogens is 211 g/mol. The van der Waals surface area contributed by atoms with E-state index >= 15 is 0 Å². The van der Waals surface area contributed by atoms with Crippen LogP contribution in [0.1, 0.15) is 0 Å². The van der Waals surface area contributed by atoms with Crippen LogP contribution in [0.15, 0.2) is 0 Å². The van der Waals surface area contributed by atoms with E-state index < -0.39 is 15.4 Å². The Morgan fingerprint density at radius 3 is 1.33 bits per heavy atom. The third-order valence-corrected chi connectivity index (χ3v) is 0. The molecule has 0 spiro atoms. The maximum absolute atomic E-state index is 8.67. The van der Waals surface area contributed by atoms with E-state index in [1.807, 2.05) is 0 Å². The Hall–Kier alpha value is 2.25. The molecule has 0 saturated heterocycles. The minimum atomic E-state index is -3.69. The average Bonchev–Trinajstić information content (AvgIpc) is 0.811. The average molecular weight is 213 g/mol. The molecule has 6 heavy (non-hydrogen) atoms. The molecular formula is H2NaO3VY. The van der Waals surface area contributed by atoms with Gasteiger partial charge in [-0.05, 0) is 0 Å². The fraction of sp³-hybridized carbons (Fsp3) is 0. The van der Waals surface area contributed by atoms with Gasteiger partial charge in [-0.1, -0.05) is 0 Å². The molecule has 0 amide bonds. The summed E-state index contributed by atoms with van der Waals surface area (Å²) in [6, 6.07) is 0. The summed E-state index contributed by atoms with van der Waals surface area (Å²) < 4.78 is 24.4. The third kappa shape index (κ3) is 34.0. The molecule has 0 aromatic heterocycles. The first-order chi connectivity index (χ1) is 1.73. The SMILES string of the molecule is [NaH].[O]=[V](=[O])[OH].[Y]. The summed E-state index contributed by atoms with van der Waals surface area (Å²) in [5.74, 6) is 0. The summed E-state index contributed by atoms with van der Waals surface area (Å²) in [5.41, 5.74) is 0. The van der Waals surface area contributed by atoms with Crippen molar-refractivity contribution in [2.24, 2.45) is 0 Å². The standard InChI is InChI=1S/Na.H2O.2O.V.Y.H/h;1H2;;;;;/q;;;;+1;;/p-1. The molecule has 0 aromatic carbocycles. The van der Waals surface area contributed by atoms with Crippen LogP contribution in [0.2, 0.25) is 0 Å². The zero-order valence-electron chi connectivity index (χ0n) is 2.29. The van der Waals surface area contributed by atoms with E-state index in [1.54, 1.807) is 0 Å². The molecule has 0 unspecified atom stereocenters. The zero-order chi connectivity index (χ0) is 3.58. The first-order valence-electron chi connectivity index (χ1n) is 0.565. The van der Waals surface area contributed by atoms with Crippen LogP contribution in [-0.2, 0) is 55.5 Å². The van der Waals surface area contributed by atoms with Crippen molar-refractivity contribution in [3.63, 3.8) is 0 Å². The van der Waals surface area contributed by atoms with Gasteiger partial charge < -0.3 is 0 Å². The van der Waals surface area contributed by atoms with Gasteiger partial charge in [-0.3, -0.25) is 0 Å². The Morgan fingerprint density at radius 1 is 1.33 bits per heavy atom. The summed E-state index contributed by atoms with van der Waals surface area (Å²) in [4.78, 5) is 0. The predicted octanol–water partition coefficient (Wildman–Crippen LogP) is -1.45. The van der Waals surface area contributed by atoms with E-state index in [-0.39, 0.29) is 62.3 Å². The van der Waals surface area contributed by atoms with Crippen molar-refractivity contribution in [3.8, 4) is 0 Å². The van der Waals surface area contributed by atoms with Gasteiger partial charge in [0.2, 0.25) is 0 Å². The fourth-order valence-electron chi connectivity index (χ4n) is 0. The summed E-state index contributed by atoms with van der Waals surface area (Å²) in [7, 11) is 0. The molecule has 0 saturated carbocycles. The van der Waals surface area contributed by atoms with Gasteiger partial charge in [0, 0.05) is 32.7 Å². The molecule has 0 heterocycles. The molecule has 0 aromatic rings. The van der Waals surface area contributed by atoms with Crippen molar-refractivity contribution in [1.82, 2.24) is 0 Å². The van der Waals surface area contributed by atoms with E-state index in [4.69, 9.17) is 11.4 Å². The van der Waals surface area contributed by atoms with Crippen LogP contribution >= 0.6 is 0 Å². The van der Waals surface area contributed by atoms with Gasteiger partial charge in [-0.2, -0.15) is 0 Å². The quantitative estimate of drug-likeness (QED) is 0.501. The fourth-order valence-corrected chi connectivity index (χ4v) is 0. The molecule has 0 fully saturated rings. The maximum Gasteiger partial charge on any atom is 0 e. The second-order valence-electron chi connectivity index (χ2n) is 0.238. The Bertz CT molecular complexity index is 59.2. The molecule has 1 radical (unpaired) electrons. The minimum absolute atomic E-state index is 0. The van der Waals surface area contributed by atoms with Crippen LogP contribution in [0.4, 0.5) is 0 Å². The van der Waals surface area contributed by atoms with Crippen molar-refractivity contribution >= 4 is 29.6 Å². The molecule has 6 heteroatoms. The van der Waals surface area contributed by atoms with Gasteiger partial charge >= 0.3 is 56.3 Å². The van der Waals surface area contributed by atoms with Crippen LogP contribution in [0.5, 0.6) is 0 Å². The van der Waals surface area contributed by atoms with Crippen LogP contribution in [0.3, 0.4) is 0 Å². The van der Waals surface area contributed by atoms with Crippen LogP contribution in [0.25, 0.3) is 0 Å². The predicted molar refractivity (Wildman–Crippen MR) is 10.7 cm³/mol. The van der Waals surface area contributed by atoms with Gasteiger partial charge in [0.15, 0.2) is 0 Å². The van der Waals surface area contributed by atoms with E-state index in [2.05, 4.69) is 0 Å². The van der Waals surface area contributed by atoms with Gasteiger partial charge in [0.05, 0.1) is 0 Å². The largest absolute Gasteiger partial charge is 0 e. The van der Waals surface area contributed by atoms with Crippen LogP contribution < -0.4 is 0 Å². The van der Waals surface area contributed by atoms with E-state index in [9.17, 15) is 0 Å². The van der Waals surface area contributed by atoms with Gasteiger partial charge in [0.25, 0.3) is 0 Å². The van der Waals surface area contributed by atoms with E-state index in [1.165, 1.54) is 0 Å². The molecule has 29 valence electrons. The maximum atomic E-state index is 8.67. The van der Waals surface area contributed by atoms with E-state index in [0.29, 0.717) is 0 Å². The van der Waals surface area contributed by atoms with Gasteiger partial charge in [-0.15, -0.1) is 0 Å². The molecule has 0 rings (SSSR count). The van der Waals surface area contributed by atoms with Crippen LogP contribution in [-0.4, -0.2) is 33.6 Å². The Labute approximate surface area is 87.4 Å². The Balaban J connectivity index is -0.0000000450. The van der Waals surface area contributed by atoms with Crippen molar-refractivity contribution in [2.75, 3.05) is 0 Å². The Kier molecular flexibility index (Phi) is 26.9.